The van der Waals surface area contributed by atoms with Crippen LogP contribution in [0.3, 0.4) is 0 Å². The number of nitrogens with two attached hydrogens (primary N) is 1. The van der Waals surface area contributed by atoms with Crippen molar-refractivity contribution < 1.29 is 19.8 Å². The lowest BCUT2D eigenvalue weighted by molar-refractivity contribution is 0.0772. The maximum Gasteiger partial charge on any atom is 0.258 e. The van der Waals surface area contributed by atoms with E-state index in [-0.39, 0.29) is 22.9 Å². The van der Waals surface area contributed by atoms with Crippen LogP contribution in [-0.4, -0.2) is 47.2 Å². The van der Waals surface area contributed by atoms with Crippen LogP contribution in [0.2, 0.25) is 0 Å². The predicted octanol–water partition coefficient (Wildman–Crippen LogP) is 0.608. The van der Waals surface area contributed by atoms with Crippen molar-refractivity contribution >= 4 is 11.7 Å². The second kappa shape index (κ2) is 5.94. The molecule has 0 radical (unpaired) electrons. The zero-order valence-corrected chi connectivity index (χ0v) is 11.0. The minimum absolute atomic E-state index is 0.0828. The van der Waals surface area contributed by atoms with E-state index in [2.05, 4.69) is 5.16 Å². The Morgan fingerprint density at radius 1 is 1.53 bits per heavy atom. The molecule has 104 valence electrons. The molecule has 0 aromatic heterocycles. The number of hydrogen-bond acceptors (Lipinski definition) is 5. The van der Waals surface area contributed by atoms with Crippen molar-refractivity contribution in [1.29, 1.82) is 0 Å². The number of amides is 1. The van der Waals surface area contributed by atoms with E-state index in [1.807, 2.05) is 0 Å². The summed E-state index contributed by atoms with van der Waals surface area (Å²) in [5, 5.41) is 21.4. The van der Waals surface area contributed by atoms with Gasteiger partial charge in [-0.2, -0.15) is 0 Å². The number of phenolic OH excluding ortho intramolecular Hbond substituents is 1. The molecule has 0 saturated carbocycles. The van der Waals surface area contributed by atoms with Crippen LogP contribution in [0.25, 0.3) is 0 Å². The number of amidine groups is 1. The normalized spacial score (nSPS) is 12.9. The number of ether oxygens (including phenoxy) is 1. The number of para-hydroxylation sites is 1. The van der Waals surface area contributed by atoms with E-state index in [9.17, 15) is 9.90 Å². The fraction of sp³-hybridized carbons (Fsp3) is 0.333. The van der Waals surface area contributed by atoms with Crippen LogP contribution in [0.15, 0.2) is 23.4 Å². The van der Waals surface area contributed by atoms with E-state index in [1.165, 1.54) is 25.1 Å². The molecule has 0 bridgehead atoms. The third-order valence-electron chi connectivity index (χ3n) is 2.89. The largest absolute Gasteiger partial charge is 0.504 e. The Hall–Kier alpha value is -2.44. The molecule has 1 aromatic rings. The minimum atomic E-state index is -0.608. The van der Waals surface area contributed by atoms with Gasteiger partial charge in [0.05, 0.1) is 18.7 Å². The van der Waals surface area contributed by atoms with Crippen LogP contribution < -0.4 is 10.5 Å². The molecular formula is C12H17N3O4. The first kappa shape index (κ1) is 14.6. The van der Waals surface area contributed by atoms with Crippen molar-refractivity contribution in [3.8, 4) is 11.5 Å². The van der Waals surface area contributed by atoms with Crippen LogP contribution in [-0.2, 0) is 0 Å². The van der Waals surface area contributed by atoms with E-state index in [1.54, 1.807) is 19.1 Å². The van der Waals surface area contributed by atoms with Gasteiger partial charge in [0, 0.05) is 7.05 Å². The summed E-state index contributed by atoms with van der Waals surface area (Å²) in [5.74, 6) is -0.599. The van der Waals surface area contributed by atoms with Gasteiger partial charge < -0.3 is 25.7 Å². The number of methoxy groups -OCH3 is 1. The number of aromatic hydroxyl groups is 1. The first-order chi connectivity index (χ1) is 8.93. The highest BCUT2D eigenvalue weighted by Gasteiger charge is 2.24. The Kier molecular flexibility index (Phi) is 4.57. The Labute approximate surface area is 110 Å². The van der Waals surface area contributed by atoms with Crippen molar-refractivity contribution in [1.82, 2.24) is 4.90 Å². The molecule has 0 aliphatic heterocycles. The van der Waals surface area contributed by atoms with E-state index >= 15 is 0 Å². The van der Waals surface area contributed by atoms with Gasteiger partial charge in [0.15, 0.2) is 17.3 Å². The van der Waals surface area contributed by atoms with E-state index in [0.717, 1.165) is 0 Å². The van der Waals surface area contributed by atoms with Gasteiger partial charge in [0.25, 0.3) is 5.91 Å². The van der Waals surface area contributed by atoms with Crippen molar-refractivity contribution in [3.05, 3.63) is 23.8 Å². The van der Waals surface area contributed by atoms with Crippen LogP contribution in [0, 0.1) is 0 Å². The third kappa shape index (κ3) is 2.87. The molecule has 0 saturated heterocycles. The Bertz CT molecular complexity index is 502. The van der Waals surface area contributed by atoms with Gasteiger partial charge in [0.2, 0.25) is 0 Å². The average Bonchev–Trinajstić information content (AvgIpc) is 2.44. The van der Waals surface area contributed by atoms with Crippen molar-refractivity contribution in [2.75, 3.05) is 14.2 Å². The number of nitrogens with zero attached hydrogens (tertiary/aromatic N) is 2. The molecular weight excluding hydrogens is 250 g/mol. The molecule has 7 nitrogen and oxygen atoms in total. The topological polar surface area (TPSA) is 108 Å². The molecule has 1 rings (SSSR count). The van der Waals surface area contributed by atoms with Gasteiger partial charge in [-0.25, -0.2) is 0 Å². The van der Waals surface area contributed by atoms with Crippen LogP contribution in [0.1, 0.15) is 17.3 Å². The summed E-state index contributed by atoms with van der Waals surface area (Å²) in [6, 6.07) is 3.99. The van der Waals surface area contributed by atoms with E-state index < -0.39 is 11.9 Å². The van der Waals surface area contributed by atoms with Crippen LogP contribution in [0.4, 0.5) is 0 Å². The fourth-order valence-electron chi connectivity index (χ4n) is 1.51. The number of phenols is 1. The summed E-state index contributed by atoms with van der Waals surface area (Å²) in [4.78, 5) is 13.5. The predicted molar refractivity (Wildman–Crippen MR) is 69.6 cm³/mol. The van der Waals surface area contributed by atoms with Crippen LogP contribution >= 0.6 is 0 Å². The quantitative estimate of drug-likeness (QED) is 0.320. The first-order valence-electron chi connectivity index (χ1n) is 5.54. The van der Waals surface area contributed by atoms with E-state index in [0.29, 0.717) is 0 Å². The Balaban J connectivity index is 3.07. The highest BCUT2D eigenvalue weighted by molar-refractivity contribution is 6.00. The highest BCUT2D eigenvalue weighted by Crippen LogP contribution is 2.30. The maximum absolute atomic E-state index is 12.2. The minimum Gasteiger partial charge on any atom is -0.504 e. The number of rotatable bonds is 4. The molecule has 4 N–H and O–H groups in total. The average molecular weight is 267 g/mol. The summed E-state index contributed by atoms with van der Waals surface area (Å²) in [7, 11) is 2.88. The SMILES string of the molecule is COc1cccc(C(=O)N(C)C(C)C(N)=NO)c1O. The lowest BCUT2D eigenvalue weighted by Crippen LogP contribution is -2.43. The Morgan fingerprint density at radius 3 is 2.68 bits per heavy atom. The lowest BCUT2D eigenvalue weighted by Gasteiger charge is -2.24. The monoisotopic (exact) mass is 267 g/mol. The number of oxime groups is 1. The molecule has 0 aliphatic carbocycles. The summed E-state index contributed by atoms with van der Waals surface area (Å²) < 4.78 is 4.94. The lowest BCUT2D eigenvalue weighted by atomic mass is 10.1. The molecule has 0 aliphatic rings. The van der Waals surface area contributed by atoms with Crippen molar-refractivity contribution in [2.45, 2.75) is 13.0 Å². The van der Waals surface area contributed by atoms with Gasteiger partial charge in [-0.05, 0) is 19.1 Å². The molecule has 7 heteroatoms. The molecule has 0 fully saturated rings. The third-order valence-corrected chi connectivity index (χ3v) is 2.89. The summed E-state index contributed by atoms with van der Waals surface area (Å²) in [6.45, 7) is 1.60. The number of hydrogen-bond donors (Lipinski definition) is 3. The van der Waals surface area contributed by atoms with Gasteiger partial charge in [-0.3, -0.25) is 4.79 Å². The number of carbonyl (C=O) groups is 1. The molecule has 1 unspecified atom stereocenters. The summed E-state index contributed by atoms with van der Waals surface area (Å²) in [6.07, 6.45) is 0. The smallest absolute Gasteiger partial charge is 0.258 e. The summed E-state index contributed by atoms with van der Waals surface area (Å²) >= 11 is 0. The Morgan fingerprint density at radius 2 is 2.16 bits per heavy atom. The maximum atomic E-state index is 12.2. The number of benzene rings is 1. The standard InChI is InChI=1S/C12H17N3O4/c1-7(11(13)14-18)15(2)12(17)8-5-4-6-9(19-3)10(8)16/h4-7,16,18H,1-3H3,(H2,13,14). The van der Waals surface area contributed by atoms with E-state index in [4.69, 9.17) is 15.7 Å². The van der Waals surface area contributed by atoms with Gasteiger partial charge in [0.1, 0.15) is 0 Å². The second-order valence-electron chi connectivity index (χ2n) is 3.97. The molecule has 19 heavy (non-hydrogen) atoms. The number of carbonyl (C=O) groups excluding carboxylic acids is 1. The zero-order valence-electron chi connectivity index (χ0n) is 11.0. The van der Waals surface area contributed by atoms with Gasteiger partial charge >= 0.3 is 0 Å². The molecule has 1 aromatic carbocycles. The highest BCUT2D eigenvalue weighted by atomic mass is 16.5. The van der Waals surface area contributed by atoms with Crippen LogP contribution in [0.5, 0.6) is 11.5 Å². The molecule has 0 heterocycles. The van der Waals surface area contributed by atoms with Gasteiger partial charge in [-0.15, -0.1) is 0 Å². The first-order valence-corrected chi connectivity index (χ1v) is 5.54. The van der Waals surface area contributed by atoms with Gasteiger partial charge in [-0.1, -0.05) is 11.2 Å². The number of likely N-dealkylation sites (N-methyl/N-ethyl adjacent to an activating group) is 1. The molecule has 1 amide bonds. The van der Waals surface area contributed by atoms with Crippen molar-refractivity contribution in [3.63, 3.8) is 0 Å². The second-order valence-corrected chi connectivity index (χ2v) is 3.97. The zero-order chi connectivity index (χ0) is 14.6. The fourth-order valence-corrected chi connectivity index (χ4v) is 1.51. The molecule has 0 spiro atoms. The summed E-state index contributed by atoms with van der Waals surface area (Å²) in [5.41, 5.74) is 5.53. The van der Waals surface area contributed by atoms with Crippen molar-refractivity contribution in [2.24, 2.45) is 10.9 Å². The molecule has 1 atom stereocenters.